The maximum atomic E-state index is 13.5. The zero-order chi connectivity index (χ0) is 26.7. The Labute approximate surface area is 228 Å². The molecule has 0 amide bonds. The van der Waals surface area contributed by atoms with Crippen LogP contribution in [0.3, 0.4) is 0 Å². The summed E-state index contributed by atoms with van der Waals surface area (Å²) in [6, 6.07) is 8.59. The van der Waals surface area contributed by atoms with Crippen molar-refractivity contribution < 1.29 is 22.5 Å². The van der Waals surface area contributed by atoms with Crippen LogP contribution >= 0.6 is 34.5 Å². The molecule has 10 nitrogen and oxygen atoms in total. The van der Waals surface area contributed by atoms with Crippen molar-refractivity contribution in [1.82, 2.24) is 15.3 Å². The minimum absolute atomic E-state index is 0.233. The fourth-order valence-electron chi connectivity index (χ4n) is 4.40. The number of thiophene rings is 1. The highest BCUT2D eigenvalue weighted by Gasteiger charge is 2.35. The van der Waals surface area contributed by atoms with Crippen LogP contribution in [0.4, 0.5) is 5.82 Å². The van der Waals surface area contributed by atoms with Gasteiger partial charge in [0.15, 0.2) is 0 Å². The average Bonchev–Trinajstić information content (AvgIpc) is 3.39. The summed E-state index contributed by atoms with van der Waals surface area (Å²) in [5.74, 6) is -0.452. The van der Waals surface area contributed by atoms with E-state index in [0.717, 1.165) is 22.5 Å². The second kappa shape index (κ2) is 11.7. The molecule has 198 valence electrons. The van der Waals surface area contributed by atoms with Crippen molar-refractivity contribution in [2.45, 2.75) is 31.0 Å². The highest BCUT2D eigenvalue weighted by Crippen LogP contribution is 2.37. The van der Waals surface area contributed by atoms with E-state index >= 15 is 0 Å². The second-order valence-electron chi connectivity index (χ2n) is 8.65. The molecule has 2 aromatic heterocycles. The van der Waals surface area contributed by atoms with Crippen molar-refractivity contribution in [3.63, 3.8) is 0 Å². The molecule has 2 heterocycles. The predicted molar refractivity (Wildman–Crippen MR) is 142 cm³/mol. The first kappa shape index (κ1) is 27.9. The summed E-state index contributed by atoms with van der Waals surface area (Å²) in [7, 11) is -2.31. The molecule has 0 bridgehead atoms. The smallest absolute Gasteiger partial charge is 0.333 e. The molecule has 0 aliphatic heterocycles. The molecule has 0 saturated heterocycles. The maximum Gasteiger partial charge on any atom is 0.333 e. The molecule has 0 spiro atoms. The van der Waals surface area contributed by atoms with Gasteiger partial charge in [-0.1, -0.05) is 35.3 Å². The van der Waals surface area contributed by atoms with Crippen LogP contribution in [0.5, 0.6) is 0 Å². The minimum Gasteiger partial charge on any atom is -0.393 e. The van der Waals surface area contributed by atoms with Crippen molar-refractivity contribution in [1.29, 1.82) is 0 Å². The Balaban J connectivity index is 1.53. The van der Waals surface area contributed by atoms with Crippen molar-refractivity contribution in [2.24, 2.45) is 11.1 Å². The van der Waals surface area contributed by atoms with Gasteiger partial charge in [0.1, 0.15) is 12.1 Å². The number of ketones is 1. The third kappa shape index (κ3) is 6.84. The monoisotopic (exact) mass is 585 g/mol. The number of carbonyl (C=O) groups is 1. The van der Waals surface area contributed by atoms with Gasteiger partial charge in [-0.05, 0) is 43.7 Å². The molecule has 1 aliphatic rings. The number of anilines is 1. The lowest BCUT2D eigenvalue weighted by Gasteiger charge is -2.16. The summed E-state index contributed by atoms with van der Waals surface area (Å²) in [5, 5.41) is 22.2. The summed E-state index contributed by atoms with van der Waals surface area (Å²) in [4.78, 5) is 22.1. The van der Waals surface area contributed by atoms with E-state index in [4.69, 9.17) is 28.3 Å². The number of aliphatic hydroxyl groups excluding tert-OH is 1. The number of halogens is 2. The molecule has 1 aliphatic carbocycles. The third-order valence-electron chi connectivity index (χ3n) is 6.12. The van der Waals surface area contributed by atoms with E-state index in [-0.39, 0.29) is 30.0 Å². The van der Waals surface area contributed by atoms with Gasteiger partial charge >= 0.3 is 10.3 Å². The fourth-order valence-corrected chi connectivity index (χ4v) is 6.25. The Morgan fingerprint density at radius 3 is 2.81 bits per heavy atom. The van der Waals surface area contributed by atoms with Gasteiger partial charge in [-0.15, -0.1) is 11.3 Å². The maximum absolute atomic E-state index is 13.5. The normalized spacial score (nSPS) is 20.6. The summed E-state index contributed by atoms with van der Waals surface area (Å²) in [6.45, 7) is -0.233. The first-order valence-corrected chi connectivity index (χ1v) is 14.3. The number of nitrogens with one attached hydrogen (secondary N) is 2. The number of aromatic nitrogens is 2. The molecule has 37 heavy (non-hydrogen) atoms. The van der Waals surface area contributed by atoms with E-state index in [1.165, 1.54) is 12.5 Å². The van der Waals surface area contributed by atoms with Crippen molar-refractivity contribution in [2.75, 3.05) is 19.0 Å². The zero-order valence-corrected chi connectivity index (χ0v) is 22.7. The summed E-state index contributed by atoms with van der Waals surface area (Å²) in [6.07, 6.45) is 2.64. The third-order valence-corrected chi connectivity index (χ3v) is 8.21. The molecular formula is C23H25Cl2N5O5S2. The van der Waals surface area contributed by atoms with Crippen LogP contribution in [0.15, 0.2) is 42.9 Å². The fraction of sp³-hybridized carbons (Fsp3) is 0.348. The van der Waals surface area contributed by atoms with E-state index in [9.17, 15) is 18.3 Å². The van der Waals surface area contributed by atoms with Gasteiger partial charge in [-0.3, -0.25) is 8.98 Å². The Hall–Kier alpha value is -2.16. The number of hydrogen-bond acceptors (Lipinski definition) is 10. The summed E-state index contributed by atoms with van der Waals surface area (Å²) >= 11 is 13.9. The molecule has 14 heteroatoms. The minimum atomic E-state index is -4.11. The topological polar surface area (TPSA) is 157 Å². The van der Waals surface area contributed by atoms with E-state index in [1.54, 1.807) is 19.2 Å². The zero-order valence-electron chi connectivity index (χ0n) is 19.6. The molecule has 0 radical (unpaired) electrons. The number of hydrogen-bond donors (Lipinski definition) is 4. The number of benzene rings is 1. The quantitative estimate of drug-likeness (QED) is 0.262. The molecule has 1 fully saturated rings. The SMILES string of the molecule is CNC(c1cccc(Cl)c1)c1cc(C(=O)c2cncnc2N[C@@H]2C[C@H](COS(N)(=O)=O)[C@@H](O)C2)sc1Cl. The van der Waals surface area contributed by atoms with Gasteiger partial charge < -0.3 is 15.7 Å². The van der Waals surface area contributed by atoms with E-state index < -0.39 is 22.3 Å². The second-order valence-corrected chi connectivity index (χ2v) is 12.0. The van der Waals surface area contributed by atoms with Gasteiger partial charge in [0, 0.05) is 28.7 Å². The number of nitrogens with two attached hydrogens (primary N) is 1. The van der Waals surface area contributed by atoms with Crippen molar-refractivity contribution >= 4 is 56.4 Å². The standard InChI is InChI=1S/C23H25Cl2N5O5S2/c1-27-20(12-3-2-4-14(24)5-12)16-8-19(36-22(16)25)21(32)17-9-28-11-29-23(17)30-15-6-13(18(31)7-15)10-35-37(26,33)34/h2-5,8-9,11,13,15,18,20,27,31H,6-7,10H2,1H3,(H2,26,33,34)(H,28,29,30)/t13-,15-,18+,20?/m1/s1. The summed E-state index contributed by atoms with van der Waals surface area (Å²) < 4.78 is 27.3. The van der Waals surface area contributed by atoms with Crippen LogP contribution in [0.2, 0.25) is 9.36 Å². The molecule has 1 saturated carbocycles. The molecule has 1 aromatic carbocycles. The van der Waals surface area contributed by atoms with Crippen LogP contribution in [0, 0.1) is 5.92 Å². The highest BCUT2D eigenvalue weighted by atomic mass is 35.5. The lowest BCUT2D eigenvalue weighted by atomic mass is 10.0. The van der Waals surface area contributed by atoms with Crippen LogP contribution in [-0.2, 0) is 14.5 Å². The number of nitrogens with zero attached hydrogens (tertiary/aromatic N) is 2. The molecule has 5 N–H and O–H groups in total. The molecular weight excluding hydrogens is 561 g/mol. The molecule has 4 atom stereocenters. The van der Waals surface area contributed by atoms with Gasteiger partial charge in [-0.25, -0.2) is 15.1 Å². The molecule has 3 aromatic rings. The Morgan fingerprint density at radius 2 is 2.11 bits per heavy atom. The van der Waals surface area contributed by atoms with Crippen LogP contribution in [-0.4, -0.2) is 55.1 Å². The van der Waals surface area contributed by atoms with Crippen LogP contribution in [0.25, 0.3) is 0 Å². The van der Waals surface area contributed by atoms with Crippen LogP contribution in [0.1, 0.15) is 45.2 Å². The van der Waals surface area contributed by atoms with Crippen LogP contribution < -0.4 is 15.8 Å². The average molecular weight is 587 g/mol. The number of carbonyl (C=O) groups excluding carboxylic acids is 1. The molecule has 1 unspecified atom stereocenters. The Bertz CT molecular complexity index is 1390. The largest absolute Gasteiger partial charge is 0.393 e. The van der Waals surface area contributed by atoms with Crippen molar-refractivity contribution in [3.05, 3.63) is 73.8 Å². The van der Waals surface area contributed by atoms with Crippen molar-refractivity contribution in [3.8, 4) is 0 Å². The Kier molecular flexibility index (Phi) is 8.81. The van der Waals surface area contributed by atoms with Gasteiger partial charge in [0.25, 0.3) is 0 Å². The highest BCUT2D eigenvalue weighted by molar-refractivity contribution is 7.84. The van der Waals surface area contributed by atoms with E-state index in [1.807, 2.05) is 18.2 Å². The van der Waals surface area contributed by atoms with E-state index in [2.05, 4.69) is 24.8 Å². The lowest BCUT2D eigenvalue weighted by Crippen LogP contribution is -2.24. The Morgan fingerprint density at radius 1 is 1.32 bits per heavy atom. The predicted octanol–water partition coefficient (Wildman–Crippen LogP) is 3.16. The molecule has 4 rings (SSSR count). The van der Waals surface area contributed by atoms with Gasteiger partial charge in [-0.2, -0.15) is 8.42 Å². The van der Waals surface area contributed by atoms with Gasteiger partial charge in [0.05, 0.1) is 33.5 Å². The first-order valence-electron chi connectivity index (χ1n) is 11.2. The van der Waals surface area contributed by atoms with E-state index in [0.29, 0.717) is 32.9 Å². The first-order chi connectivity index (χ1) is 17.6. The lowest BCUT2D eigenvalue weighted by molar-refractivity contribution is 0.101. The number of aliphatic hydroxyl groups is 1. The van der Waals surface area contributed by atoms with Gasteiger partial charge in [0.2, 0.25) is 5.78 Å². The summed E-state index contributed by atoms with van der Waals surface area (Å²) in [5.41, 5.74) is 1.89. The number of rotatable bonds is 10.